The van der Waals surface area contributed by atoms with E-state index in [0.717, 1.165) is 51.9 Å². The van der Waals surface area contributed by atoms with Crippen molar-refractivity contribution in [2.24, 2.45) is 0 Å². The van der Waals surface area contributed by atoms with Crippen LogP contribution in [0.1, 0.15) is 57.8 Å². The van der Waals surface area contributed by atoms with Crippen molar-refractivity contribution < 1.29 is 37.1 Å². The normalized spacial score (nSPS) is 24.8. The fourth-order valence-electron chi connectivity index (χ4n) is 5.11. The molecule has 0 aromatic rings. The van der Waals surface area contributed by atoms with Gasteiger partial charge in [0.25, 0.3) is 5.91 Å². The lowest BCUT2D eigenvalue weighted by Gasteiger charge is -2.47. The smallest absolute Gasteiger partial charge is 0.475 e. The molecule has 11 heteroatoms. The molecule has 3 heterocycles. The van der Waals surface area contributed by atoms with Crippen LogP contribution in [0.15, 0.2) is 0 Å². The van der Waals surface area contributed by atoms with Crippen molar-refractivity contribution in [3.8, 4) is 0 Å². The molecule has 3 saturated heterocycles. The largest absolute Gasteiger partial charge is 0.490 e. The average Bonchev–Trinajstić information content (AvgIpc) is 3.33. The molecule has 0 atom stereocenters. The van der Waals surface area contributed by atoms with Crippen LogP contribution < -0.4 is 0 Å². The maximum absolute atomic E-state index is 14.4. The first-order valence-corrected chi connectivity index (χ1v) is 11.3. The molecular formula is C21H31F4N3O4. The molecule has 0 bridgehead atoms. The second kappa shape index (κ2) is 9.52. The number of nitrogens with zero attached hydrogens (tertiary/aromatic N) is 3. The Balaban J connectivity index is 0.000000360. The topological polar surface area (TPSA) is 81.2 Å². The Morgan fingerprint density at radius 2 is 1.47 bits per heavy atom. The Kier molecular flexibility index (Phi) is 7.36. The minimum atomic E-state index is -5.08. The summed E-state index contributed by atoms with van der Waals surface area (Å²) in [6.45, 7) is 5.26. The summed E-state index contributed by atoms with van der Waals surface area (Å²) in [6, 6.07) is 0. The number of piperidine rings is 1. The van der Waals surface area contributed by atoms with E-state index in [-0.39, 0.29) is 17.4 Å². The van der Waals surface area contributed by atoms with Gasteiger partial charge in [-0.3, -0.25) is 9.59 Å². The molecule has 4 rings (SSSR count). The Morgan fingerprint density at radius 1 is 0.906 bits per heavy atom. The minimum absolute atomic E-state index is 0.0866. The zero-order valence-electron chi connectivity index (χ0n) is 18.1. The number of carbonyl (C=O) groups excluding carboxylic acids is 2. The molecule has 0 aromatic carbocycles. The predicted molar refractivity (Wildman–Crippen MR) is 107 cm³/mol. The Bertz CT molecular complexity index is 712. The number of rotatable bonds is 4. The van der Waals surface area contributed by atoms with Crippen molar-refractivity contribution in [2.75, 3.05) is 39.3 Å². The summed E-state index contributed by atoms with van der Waals surface area (Å²) in [6.07, 6.45) is 2.17. The van der Waals surface area contributed by atoms with Crippen LogP contribution in [0.25, 0.3) is 0 Å². The molecule has 2 amide bonds. The van der Waals surface area contributed by atoms with Gasteiger partial charge in [0.05, 0.1) is 0 Å². The zero-order valence-corrected chi connectivity index (χ0v) is 18.1. The van der Waals surface area contributed by atoms with Crippen LogP contribution in [-0.2, 0) is 14.4 Å². The number of likely N-dealkylation sites (tertiary alicyclic amines) is 3. The highest BCUT2D eigenvalue weighted by Crippen LogP contribution is 2.42. The van der Waals surface area contributed by atoms with Gasteiger partial charge in [-0.15, -0.1) is 0 Å². The van der Waals surface area contributed by atoms with Crippen LogP contribution in [-0.4, -0.2) is 94.2 Å². The summed E-state index contributed by atoms with van der Waals surface area (Å²) in [5, 5.41) is 7.12. The molecule has 1 aliphatic carbocycles. The molecule has 1 spiro atoms. The second-order valence-electron chi connectivity index (χ2n) is 9.23. The standard InChI is InChI=1S/C19H30FN3O2.C2HF3O2/c20-19(5-3-6-19)17(25)22-12-8-18(9-13-22)7-4-16(24)23(18)15-14-21-10-1-2-11-21;3-2(4,5)1(6)7/h1-15H2;(H,6,7). The third kappa shape index (κ3) is 5.35. The molecule has 0 radical (unpaired) electrons. The Hall–Kier alpha value is -1.91. The fraction of sp³-hybridized carbons (Fsp3) is 0.857. The number of alkyl halides is 4. The number of halogens is 4. The molecule has 0 aromatic heterocycles. The van der Waals surface area contributed by atoms with E-state index < -0.39 is 17.8 Å². The fourth-order valence-corrected chi connectivity index (χ4v) is 5.11. The summed E-state index contributed by atoms with van der Waals surface area (Å²) in [5.74, 6) is -2.80. The van der Waals surface area contributed by atoms with Crippen molar-refractivity contribution in [3.63, 3.8) is 0 Å². The van der Waals surface area contributed by atoms with Gasteiger partial charge < -0.3 is 19.8 Å². The Morgan fingerprint density at radius 3 is 1.94 bits per heavy atom. The van der Waals surface area contributed by atoms with Crippen LogP contribution in [0.2, 0.25) is 0 Å². The lowest BCUT2D eigenvalue weighted by molar-refractivity contribution is -0.192. The van der Waals surface area contributed by atoms with Gasteiger partial charge in [0.2, 0.25) is 5.91 Å². The highest BCUT2D eigenvalue weighted by atomic mass is 19.4. The molecule has 1 saturated carbocycles. The zero-order chi connectivity index (χ0) is 23.6. The van der Waals surface area contributed by atoms with Crippen LogP contribution in [0.4, 0.5) is 17.6 Å². The number of carbonyl (C=O) groups is 3. The Labute approximate surface area is 184 Å². The van der Waals surface area contributed by atoms with E-state index in [9.17, 15) is 27.2 Å². The number of hydrogen-bond acceptors (Lipinski definition) is 4. The number of aliphatic carboxylic acids is 1. The van der Waals surface area contributed by atoms with Crippen LogP contribution in [0.3, 0.4) is 0 Å². The maximum atomic E-state index is 14.4. The van der Waals surface area contributed by atoms with Gasteiger partial charge in [-0.1, -0.05) is 0 Å². The SMILES string of the molecule is O=C(O)C(F)(F)F.O=C1CCC2(CCN(C(=O)C3(F)CCC3)CC2)N1CCN1CCCC1. The molecule has 7 nitrogen and oxygen atoms in total. The lowest BCUT2D eigenvalue weighted by atomic mass is 9.79. The van der Waals surface area contributed by atoms with Crippen LogP contribution >= 0.6 is 0 Å². The summed E-state index contributed by atoms with van der Waals surface area (Å²) in [5.41, 5.74) is -1.68. The molecule has 3 aliphatic heterocycles. The number of carboxylic acids is 1. The summed E-state index contributed by atoms with van der Waals surface area (Å²) in [7, 11) is 0. The molecule has 0 unspecified atom stereocenters. The first kappa shape index (κ1) is 24.7. The van der Waals surface area contributed by atoms with E-state index >= 15 is 0 Å². The van der Waals surface area contributed by atoms with Crippen molar-refractivity contribution in [1.29, 1.82) is 0 Å². The lowest BCUT2D eigenvalue weighted by Crippen LogP contribution is -2.58. The van der Waals surface area contributed by atoms with Crippen molar-refractivity contribution in [2.45, 2.75) is 75.2 Å². The van der Waals surface area contributed by atoms with Crippen molar-refractivity contribution >= 4 is 17.8 Å². The highest BCUT2D eigenvalue weighted by Gasteiger charge is 2.51. The molecule has 1 N–H and O–H groups in total. The van der Waals surface area contributed by atoms with E-state index in [1.165, 1.54) is 12.8 Å². The van der Waals surface area contributed by atoms with Gasteiger partial charge in [-0.2, -0.15) is 13.2 Å². The molecular weight excluding hydrogens is 434 g/mol. The summed E-state index contributed by atoms with van der Waals surface area (Å²) < 4.78 is 46.2. The van der Waals surface area contributed by atoms with E-state index in [1.54, 1.807) is 4.90 Å². The van der Waals surface area contributed by atoms with E-state index in [0.29, 0.717) is 32.4 Å². The van der Waals surface area contributed by atoms with E-state index in [1.807, 2.05) is 0 Å². The van der Waals surface area contributed by atoms with Crippen molar-refractivity contribution in [3.05, 3.63) is 0 Å². The van der Waals surface area contributed by atoms with Gasteiger partial charge in [0, 0.05) is 38.1 Å². The average molecular weight is 465 g/mol. The first-order chi connectivity index (χ1) is 15.0. The number of hydrogen-bond donors (Lipinski definition) is 1. The van der Waals surface area contributed by atoms with Gasteiger partial charge >= 0.3 is 12.1 Å². The predicted octanol–water partition coefficient (Wildman–Crippen LogP) is 2.59. The number of carboxylic acid groups (broad SMARTS) is 1. The molecule has 32 heavy (non-hydrogen) atoms. The number of amides is 2. The van der Waals surface area contributed by atoms with E-state index in [2.05, 4.69) is 9.80 Å². The third-order valence-corrected chi connectivity index (χ3v) is 7.27. The molecule has 182 valence electrons. The van der Waals surface area contributed by atoms with Crippen LogP contribution in [0.5, 0.6) is 0 Å². The third-order valence-electron chi connectivity index (χ3n) is 7.27. The van der Waals surface area contributed by atoms with Crippen LogP contribution in [0, 0.1) is 0 Å². The molecule has 4 aliphatic rings. The quantitative estimate of drug-likeness (QED) is 0.646. The molecule has 4 fully saturated rings. The van der Waals surface area contributed by atoms with Crippen molar-refractivity contribution in [1.82, 2.24) is 14.7 Å². The maximum Gasteiger partial charge on any atom is 0.490 e. The monoisotopic (exact) mass is 465 g/mol. The first-order valence-electron chi connectivity index (χ1n) is 11.3. The second-order valence-corrected chi connectivity index (χ2v) is 9.23. The van der Waals surface area contributed by atoms with Gasteiger partial charge in [-0.05, 0) is 64.5 Å². The van der Waals surface area contributed by atoms with E-state index in [4.69, 9.17) is 9.90 Å². The van der Waals surface area contributed by atoms with Gasteiger partial charge in [-0.25, -0.2) is 9.18 Å². The van der Waals surface area contributed by atoms with Gasteiger partial charge in [0.1, 0.15) is 0 Å². The summed E-state index contributed by atoms with van der Waals surface area (Å²) >= 11 is 0. The highest BCUT2D eigenvalue weighted by molar-refractivity contribution is 5.86. The van der Waals surface area contributed by atoms with Gasteiger partial charge in [0.15, 0.2) is 5.67 Å². The summed E-state index contributed by atoms with van der Waals surface area (Å²) in [4.78, 5) is 40.0. The minimum Gasteiger partial charge on any atom is -0.475 e.